The molecule has 0 rings (SSSR count). The first kappa shape index (κ1) is 23.4. The van der Waals surface area contributed by atoms with Crippen molar-refractivity contribution < 1.29 is 27.2 Å². The molecule has 0 radical (unpaired) electrons. The summed E-state index contributed by atoms with van der Waals surface area (Å²) in [5, 5.41) is 29.5. The molecule has 8 nitrogen and oxygen atoms in total. The molecular weight excluding hydrogens is 408 g/mol. The van der Waals surface area contributed by atoms with Gasteiger partial charge in [-0.2, -0.15) is 0 Å². The largest absolute Gasteiger partial charge is 2.00 e. The Morgan fingerprint density at radius 1 is 0.846 bits per heavy atom. The molecule has 0 atom stereocenters. The zero-order valence-corrected chi connectivity index (χ0v) is 11.2. The third-order valence-corrected chi connectivity index (χ3v) is 0. The Morgan fingerprint density at radius 3 is 0.846 bits per heavy atom. The van der Waals surface area contributed by atoms with Crippen LogP contribution in [0.25, 0.3) is 0 Å². The van der Waals surface area contributed by atoms with Crippen molar-refractivity contribution in [2.24, 2.45) is 0 Å². The van der Waals surface area contributed by atoms with Crippen molar-refractivity contribution in [2.45, 2.75) is 0 Å². The van der Waals surface area contributed by atoms with Crippen molar-refractivity contribution in [3.05, 3.63) is 30.6 Å². The second kappa shape index (κ2) is 18.4. The summed E-state index contributed by atoms with van der Waals surface area (Å²) in [4.78, 5) is 16.5. The van der Waals surface area contributed by atoms with E-state index in [4.69, 9.17) is 57.1 Å². The Balaban J connectivity index is -0.0000000450. The zero-order chi connectivity index (χ0) is 10.7. The minimum absolute atomic E-state index is 0. The monoisotopic (exact) mass is 406 g/mol. The zero-order valence-electron chi connectivity index (χ0n) is 5.28. The first-order valence-electron chi connectivity index (χ1n) is 1.60. The van der Waals surface area contributed by atoms with E-state index in [1.165, 1.54) is 0 Å². The van der Waals surface area contributed by atoms with Gasteiger partial charge in [-0.3, -0.25) is 0 Å². The second-order valence-corrected chi connectivity index (χ2v) is 12.0. The van der Waals surface area contributed by atoms with Gasteiger partial charge in [-0.25, -0.2) is 0 Å². The third kappa shape index (κ3) is 3840. The molecule has 0 bridgehead atoms. The van der Waals surface area contributed by atoms with E-state index in [-0.39, 0.29) is 17.1 Å². The van der Waals surface area contributed by atoms with Crippen LogP contribution in [0, 0.1) is 30.6 Å². The van der Waals surface area contributed by atoms with Crippen molar-refractivity contribution in [3.63, 3.8) is 0 Å². The quantitative estimate of drug-likeness (QED) is 0.336. The molecule has 13 heteroatoms. The van der Waals surface area contributed by atoms with Crippen LogP contribution in [-0.4, -0.2) is 27.0 Å². The first-order chi connectivity index (χ1) is 5.20. The van der Waals surface area contributed by atoms with E-state index in [1.54, 1.807) is 0 Å². The van der Waals surface area contributed by atoms with Crippen LogP contribution in [0.3, 0.4) is 0 Å². The molecule has 0 aromatic rings. The average molecular weight is 408 g/mol. The molecule has 13 heavy (non-hydrogen) atoms. The van der Waals surface area contributed by atoms with E-state index >= 15 is 0 Å². The molecule has 0 N–H and O–H groups in total. The Bertz CT molecular complexity index is 110. The maximum Gasteiger partial charge on any atom is 2.00 e. The number of nitrogens with zero attached hydrogens (tertiary/aromatic N) is 2. The fraction of sp³-hybridized carbons (Fsp3) is 0. The molecule has 0 unspecified atom stereocenters. The molecule has 0 amide bonds. The van der Waals surface area contributed by atoms with E-state index in [9.17, 15) is 0 Å². The second-order valence-electron chi connectivity index (χ2n) is 0.639. The molecule has 0 aromatic heterocycles. The van der Waals surface area contributed by atoms with E-state index in [0.717, 1.165) is 0 Å². The maximum atomic E-state index is 8.25. The minimum atomic E-state index is -2.03. The summed E-state index contributed by atoms with van der Waals surface area (Å²) >= 11 is -2.03. The van der Waals surface area contributed by atoms with Crippen LogP contribution in [0.2, 0.25) is 0 Å². The van der Waals surface area contributed by atoms with Gasteiger partial charge in [0.25, 0.3) is 0 Å². The van der Waals surface area contributed by atoms with Crippen LogP contribution in [0.4, 0.5) is 0 Å². The van der Waals surface area contributed by atoms with Crippen LogP contribution in [0.15, 0.2) is 0 Å². The molecule has 0 heterocycles. The number of hydrogen-bond donors (Lipinski definition) is 0. The Kier molecular flexibility index (Phi) is 33.2. The van der Waals surface area contributed by atoms with Crippen LogP contribution in [-0.2, 0) is 17.1 Å². The Morgan fingerprint density at radius 2 is 0.846 bits per heavy atom. The molecule has 0 aliphatic carbocycles. The normalized spacial score (nSPS) is 6.46. The summed E-state index contributed by atoms with van der Waals surface area (Å²) in [6.07, 6.45) is 0. The molecule has 0 spiro atoms. The fourth-order valence-electron chi connectivity index (χ4n) is 0. The SMILES string of the molecule is O=[N+]([O-])[O-].O=[N+]([O-])[O-].[Cl][Sb]([Cl])[Cl].[Fe+2]. The minimum Gasteiger partial charge on any atom is 2.00 e. The van der Waals surface area contributed by atoms with Gasteiger partial charge in [0.1, 0.15) is 0 Å². The van der Waals surface area contributed by atoms with Crippen molar-refractivity contribution in [2.75, 3.05) is 0 Å². The predicted octanol–water partition coefficient (Wildman–Crippen LogP) is 1.21. The molecule has 0 aliphatic heterocycles. The molecule has 0 saturated carbocycles. The maximum absolute atomic E-state index is 8.25. The first-order valence-corrected chi connectivity index (χ1v) is 11.3. The number of halogens is 3. The van der Waals surface area contributed by atoms with Crippen molar-refractivity contribution in [1.29, 1.82) is 0 Å². The molecule has 0 fully saturated rings. The van der Waals surface area contributed by atoms with Gasteiger partial charge in [-0.05, 0) is 0 Å². The summed E-state index contributed by atoms with van der Waals surface area (Å²) in [6, 6.07) is 0. The summed E-state index contributed by atoms with van der Waals surface area (Å²) in [5.74, 6) is 0. The average Bonchev–Trinajstić information content (AvgIpc) is 1.54. The summed E-state index contributed by atoms with van der Waals surface area (Å²) in [6.45, 7) is 0. The van der Waals surface area contributed by atoms with Gasteiger partial charge in [-0.1, -0.05) is 0 Å². The van der Waals surface area contributed by atoms with Gasteiger partial charge in [0.05, 0.1) is 10.2 Å². The van der Waals surface area contributed by atoms with Crippen LogP contribution in [0.5, 0.6) is 0 Å². The Labute approximate surface area is 100 Å². The molecule has 0 saturated heterocycles. The molecule has 0 aliphatic rings. The van der Waals surface area contributed by atoms with Crippen molar-refractivity contribution >= 4 is 43.3 Å². The van der Waals surface area contributed by atoms with Crippen molar-refractivity contribution in [3.8, 4) is 0 Å². The molecule has 80 valence electrons. The van der Waals surface area contributed by atoms with Gasteiger partial charge < -0.3 is 30.6 Å². The molecular formula is Cl3FeN2O6Sb. The number of rotatable bonds is 0. The smallest absolute Gasteiger partial charge is 2.00 e. The predicted molar refractivity (Wildman–Crippen MR) is 44.0 cm³/mol. The third-order valence-electron chi connectivity index (χ3n) is 0. The Hall–Kier alpha value is 0.608. The van der Waals surface area contributed by atoms with Crippen molar-refractivity contribution in [1.82, 2.24) is 0 Å². The fourth-order valence-corrected chi connectivity index (χ4v) is 0. The topological polar surface area (TPSA) is 132 Å². The van der Waals surface area contributed by atoms with Crippen LogP contribution < -0.4 is 0 Å². The summed E-state index contributed by atoms with van der Waals surface area (Å²) < 4.78 is 0. The summed E-state index contributed by atoms with van der Waals surface area (Å²) in [5.41, 5.74) is 0. The summed E-state index contributed by atoms with van der Waals surface area (Å²) in [7, 11) is 15.0. The standard InChI is InChI=1S/3ClH.Fe.2NO3.Sb/c;;;;2*2-1(3)4;/h3*1H;;;;/q;;;+2;2*-1;+3/p-3. The van der Waals surface area contributed by atoms with Crippen LogP contribution >= 0.6 is 26.5 Å². The van der Waals surface area contributed by atoms with Crippen LogP contribution in [0.1, 0.15) is 0 Å². The molecule has 0 aromatic carbocycles. The van der Waals surface area contributed by atoms with Gasteiger partial charge in [0.2, 0.25) is 0 Å². The van der Waals surface area contributed by atoms with Gasteiger partial charge in [0.15, 0.2) is 0 Å². The van der Waals surface area contributed by atoms with E-state index < -0.39 is 27.0 Å². The van der Waals surface area contributed by atoms with Gasteiger partial charge >= 0.3 is 60.3 Å². The van der Waals surface area contributed by atoms with Gasteiger partial charge in [-0.15, -0.1) is 0 Å². The van der Waals surface area contributed by atoms with E-state index in [0.29, 0.717) is 0 Å². The van der Waals surface area contributed by atoms with E-state index in [1.807, 2.05) is 0 Å². The van der Waals surface area contributed by atoms with E-state index in [2.05, 4.69) is 0 Å². The van der Waals surface area contributed by atoms with Gasteiger partial charge in [0, 0.05) is 0 Å². The number of hydrogen-bond acceptors (Lipinski definition) is 6.